The van der Waals surface area contributed by atoms with E-state index >= 15 is 0 Å². The van der Waals surface area contributed by atoms with Crippen molar-refractivity contribution < 1.29 is 0 Å². The standard InChI is InChI=1S/C14H10N4/c1-10-4-2-5-12(11(10)8-15)18-13-6-3-7-17-14(13)9-16/h2-7,18H,1H3. The van der Waals surface area contributed by atoms with Crippen LogP contribution in [0, 0.1) is 29.6 Å². The van der Waals surface area contributed by atoms with Gasteiger partial charge in [0, 0.05) is 6.20 Å². The second kappa shape index (κ2) is 4.99. The summed E-state index contributed by atoms with van der Waals surface area (Å²) in [5, 5.41) is 21.2. The lowest BCUT2D eigenvalue weighted by atomic mass is 10.1. The molecule has 0 radical (unpaired) electrons. The van der Waals surface area contributed by atoms with Gasteiger partial charge in [-0.1, -0.05) is 12.1 Å². The molecule has 0 atom stereocenters. The molecule has 1 aromatic carbocycles. The van der Waals surface area contributed by atoms with Crippen molar-refractivity contribution in [3.8, 4) is 12.1 Å². The van der Waals surface area contributed by atoms with Crippen molar-refractivity contribution in [1.29, 1.82) is 10.5 Å². The number of aromatic nitrogens is 1. The Morgan fingerprint density at radius 2 is 1.83 bits per heavy atom. The third kappa shape index (κ3) is 2.14. The van der Waals surface area contributed by atoms with Gasteiger partial charge in [0.25, 0.3) is 0 Å². The van der Waals surface area contributed by atoms with Crippen LogP contribution >= 0.6 is 0 Å². The summed E-state index contributed by atoms with van der Waals surface area (Å²) < 4.78 is 0. The number of hydrogen-bond donors (Lipinski definition) is 1. The minimum absolute atomic E-state index is 0.308. The maximum absolute atomic E-state index is 9.13. The molecule has 4 nitrogen and oxygen atoms in total. The van der Waals surface area contributed by atoms with Crippen molar-refractivity contribution in [3.63, 3.8) is 0 Å². The summed E-state index contributed by atoms with van der Waals surface area (Å²) >= 11 is 0. The second-order valence-corrected chi connectivity index (χ2v) is 3.75. The van der Waals surface area contributed by atoms with E-state index in [4.69, 9.17) is 10.5 Å². The zero-order chi connectivity index (χ0) is 13.0. The van der Waals surface area contributed by atoms with Crippen molar-refractivity contribution in [3.05, 3.63) is 53.3 Å². The highest BCUT2D eigenvalue weighted by Crippen LogP contribution is 2.24. The van der Waals surface area contributed by atoms with Crippen LogP contribution in [0.15, 0.2) is 36.5 Å². The Labute approximate surface area is 105 Å². The van der Waals surface area contributed by atoms with Gasteiger partial charge in [0.2, 0.25) is 0 Å². The van der Waals surface area contributed by atoms with Gasteiger partial charge in [-0.2, -0.15) is 10.5 Å². The van der Waals surface area contributed by atoms with E-state index in [1.54, 1.807) is 24.4 Å². The quantitative estimate of drug-likeness (QED) is 0.867. The zero-order valence-corrected chi connectivity index (χ0v) is 9.81. The number of aryl methyl sites for hydroxylation is 1. The van der Waals surface area contributed by atoms with Gasteiger partial charge in [0.15, 0.2) is 5.69 Å². The fraction of sp³-hybridized carbons (Fsp3) is 0.0714. The summed E-state index contributed by atoms with van der Waals surface area (Å²) in [5.41, 5.74) is 3.06. The summed E-state index contributed by atoms with van der Waals surface area (Å²) in [4.78, 5) is 3.96. The van der Waals surface area contributed by atoms with Crippen molar-refractivity contribution in [2.75, 3.05) is 5.32 Å². The SMILES string of the molecule is Cc1cccc(Nc2cccnc2C#N)c1C#N. The summed E-state index contributed by atoms with van der Waals surface area (Å²) in [6, 6.07) is 13.2. The minimum Gasteiger partial charge on any atom is -0.352 e. The van der Waals surface area contributed by atoms with Crippen LogP contribution in [-0.4, -0.2) is 4.98 Å². The number of rotatable bonds is 2. The van der Waals surface area contributed by atoms with Crippen molar-refractivity contribution in [1.82, 2.24) is 4.98 Å². The molecular weight excluding hydrogens is 224 g/mol. The van der Waals surface area contributed by atoms with Crippen LogP contribution in [0.25, 0.3) is 0 Å². The molecule has 0 fully saturated rings. The van der Waals surface area contributed by atoms with Crippen LogP contribution in [0.1, 0.15) is 16.8 Å². The Balaban J connectivity index is 2.45. The number of nitrogens with one attached hydrogen (secondary N) is 1. The monoisotopic (exact) mass is 234 g/mol. The molecule has 1 N–H and O–H groups in total. The molecule has 1 heterocycles. The molecule has 2 rings (SSSR count). The summed E-state index contributed by atoms with van der Waals surface area (Å²) in [7, 11) is 0. The van der Waals surface area contributed by atoms with E-state index in [0.29, 0.717) is 22.6 Å². The van der Waals surface area contributed by atoms with Gasteiger partial charge in [-0.25, -0.2) is 4.98 Å². The Kier molecular flexibility index (Phi) is 3.22. The highest BCUT2D eigenvalue weighted by atomic mass is 14.9. The predicted octanol–water partition coefficient (Wildman–Crippen LogP) is 2.88. The fourth-order valence-corrected chi connectivity index (χ4v) is 1.66. The third-order valence-electron chi connectivity index (χ3n) is 2.57. The average molecular weight is 234 g/mol. The van der Waals surface area contributed by atoms with Gasteiger partial charge >= 0.3 is 0 Å². The molecule has 2 aromatic rings. The van der Waals surface area contributed by atoms with Gasteiger partial charge < -0.3 is 5.32 Å². The topological polar surface area (TPSA) is 72.5 Å². The van der Waals surface area contributed by atoms with E-state index in [2.05, 4.69) is 16.4 Å². The van der Waals surface area contributed by atoms with Crippen LogP contribution in [-0.2, 0) is 0 Å². The lowest BCUT2D eigenvalue weighted by molar-refractivity contribution is 1.26. The normalized spacial score (nSPS) is 9.28. The molecule has 0 aliphatic heterocycles. The molecule has 0 spiro atoms. The van der Waals surface area contributed by atoms with Crippen LogP contribution < -0.4 is 5.32 Å². The largest absolute Gasteiger partial charge is 0.352 e. The fourth-order valence-electron chi connectivity index (χ4n) is 1.66. The Morgan fingerprint density at radius 1 is 1.06 bits per heavy atom. The maximum Gasteiger partial charge on any atom is 0.163 e. The first-order chi connectivity index (χ1) is 8.76. The predicted molar refractivity (Wildman–Crippen MR) is 68.1 cm³/mol. The number of pyridine rings is 1. The molecule has 18 heavy (non-hydrogen) atoms. The van der Waals surface area contributed by atoms with Gasteiger partial charge in [0.1, 0.15) is 12.1 Å². The van der Waals surface area contributed by atoms with Crippen LogP contribution in [0.5, 0.6) is 0 Å². The van der Waals surface area contributed by atoms with E-state index in [1.807, 2.05) is 25.1 Å². The molecule has 0 unspecified atom stereocenters. The van der Waals surface area contributed by atoms with Crippen LogP contribution in [0.2, 0.25) is 0 Å². The first kappa shape index (κ1) is 11.6. The molecule has 0 saturated heterocycles. The summed E-state index contributed by atoms with van der Waals surface area (Å²) in [5.74, 6) is 0. The lowest BCUT2D eigenvalue weighted by Gasteiger charge is -2.10. The Bertz CT molecular complexity index is 662. The van der Waals surface area contributed by atoms with Gasteiger partial charge in [-0.15, -0.1) is 0 Å². The molecular formula is C14H10N4. The Hall–Kier alpha value is -2.85. The van der Waals surface area contributed by atoms with Crippen molar-refractivity contribution >= 4 is 11.4 Å². The summed E-state index contributed by atoms with van der Waals surface area (Å²) in [6.07, 6.45) is 1.56. The number of hydrogen-bond acceptors (Lipinski definition) is 4. The van der Waals surface area contributed by atoms with Crippen LogP contribution in [0.3, 0.4) is 0 Å². The molecule has 1 aromatic heterocycles. The van der Waals surface area contributed by atoms with Crippen molar-refractivity contribution in [2.45, 2.75) is 6.92 Å². The smallest absolute Gasteiger partial charge is 0.163 e. The maximum atomic E-state index is 9.13. The molecule has 86 valence electrons. The van der Waals surface area contributed by atoms with Crippen LogP contribution in [0.4, 0.5) is 11.4 Å². The average Bonchev–Trinajstić information content (AvgIpc) is 2.40. The molecule has 0 amide bonds. The van der Waals surface area contributed by atoms with E-state index in [9.17, 15) is 0 Å². The Morgan fingerprint density at radius 3 is 2.56 bits per heavy atom. The van der Waals surface area contributed by atoms with E-state index in [-0.39, 0.29) is 0 Å². The third-order valence-corrected chi connectivity index (χ3v) is 2.57. The molecule has 0 aliphatic carbocycles. The number of benzene rings is 1. The zero-order valence-electron chi connectivity index (χ0n) is 9.81. The van der Waals surface area contributed by atoms with E-state index in [0.717, 1.165) is 5.56 Å². The number of nitrogens with zero attached hydrogens (tertiary/aromatic N) is 3. The number of nitriles is 2. The van der Waals surface area contributed by atoms with Gasteiger partial charge in [-0.3, -0.25) is 0 Å². The second-order valence-electron chi connectivity index (χ2n) is 3.75. The molecule has 0 saturated carbocycles. The van der Waals surface area contributed by atoms with E-state index < -0.39 is 0 Å². The first-order valence-corrected chi connectivity index (χ1v) is 5.38. The molecule has 4 heteroatoms. The highest BCUT2D eigenvalue weighted by molar-refractivity contribution is 5.70. The minimum atomic E-state index is 0.308. The summed E-state index contributed by atoms with van der Waals surface area (Å²) in [6.45, 7) is 1.87. The van der Waals surface area contributed by atoms with Crippen molar-refractivity contribution in [2.24, 2.45) is 0 Å². The van der Waals surface area contributed by atoms with Gasteiger partial charge in [0.05, 0.1) is 16.9 Å². The molecule has 0 aliphatic rings. The number of anilines is 2. The van der Waals surface area contributed by atoms with Gasteiger partial charge in [-0.05, 0) is 30.7 Å². The first-order valence-electron chi connectivity index (χ1n) is 5.38. The highest BCUT2D eigenvalue weighted by Gasteiger charge is 2.07. The molecule has 0 bridgehead atoms. The van der Waals surface area contributed by atoms with E-state index in [1.165, 1.54) is 0 Å². The lowest BCUT2D eigenvalue weighted by Crippen LogP contribution is -1.98.